The number of imidazole rings is 1. The Morgan fingerprint density at radius 1 is 1.00 bits per heavy atom. The Balaban J connectivity index is 1.89. The van der Waals surface area contributed by atoms with Crippen molar-refractivity contribution in [3.05, 3.63) is 95.8 Å². The Morgan fingerprint density at radius 3 is 2.33 bits per heavy atom. The van der Waals surface area contributed by atoms with Gasteiger partial charge in [0.15, 0.2) is 0 Å². The van der Waals surface area contributed by atoms with Gasteiger partial charge < -0.3 is 9.66 Å². The first-order chi connectivity index (χ1) is 16.9. The normalized spacial score (nSPS) is 13.1. The molecule has 0 bridgehead atoms. The summed E-state index contributed by atoms with van der Waals surface area (Å²) in [5.41, 5.74) is 0.611. The summed E-state index contributed by atoms with van der Waals surface area (Å²) in [6, 6.07) is 19.5. The Morgan fingerprint density at radius 2 is 1.67 bits per heavy atom. The van der Waals surface area contributed by atoms with E-state index in [1.54, 1.807) is 30.3 Å². The summed E-state index contributed by atoms with van der Waals surface area (Å²) >= 11 is -2.43. The molecule has 0 fully saturated rings. The second kappa shape index (κ2) is 9.98. The number of rotatable bonds is 7. The molecule has 2 N–H and O–H groups in total. The van der Waals surface area contributed by atoms with E-state index in [1.165, 1.54) is 42.8 Å². The van der Waals surface area contributed by atoms with Crippen molar-refractivity contribution in [2.45, 2.75) is 32.2 Å². The maximum absolute atomic E-state index is 13.8. The molecule has 3 aromatic carbocycles. The highest BCUT2D eigenvalue weighted by atomic mass is 32.2. The van der Waals surface area contributed by atoms with Crippen molar-refractivity contribution < 1.29 is 27.0 Å². The number of aromatic nitrogens is 2. The number of nitrogens with zero attached hydrogens (tertiary/aromatic N) is 2. The first-order valence-electron chi connectivity index (χ1n) is 11.0. The summed E-state index contributed by atoms with van der Waals surface area (Å²) in [5.74, 6) is 0.0360. The molecule has 1 unspecified atom stereocenters. The van der Waals surface area contributed by atoms with Crippen molar-refractivity contribution in [3.8, 4) is 28.2 Å². The van der Waals surface area contributed by atoms with Crippen molar-refractivity contribution in [3.63, 3.8) is 0 Å². The van der Waals surface area contributed by atoms with Crippen molar-refractivity contribution in [1.29, 1.82) is 0 Å². The van der Waals surface area contributed by atoms with Gasteiger partial charge in [-0.2, -0.15) is 13.2 Å². The van der Waals surface area contributed by atoms with Gasteiger partial charge in [0.1, 0.15) is 11.4 Å². The monoisotopic (exact) mass is 514 g/mol. The second-order valence-electron chi connectivity index (χ2n) is 8.69. The predicted molar refractivity (Wildman–Crippen MR) is 130 cm³/mol. The van der Waals surface area contributed by atoms with Crippen LogP contribution < -0.4 is 4.72 Å². The van der Waals surface area contributed by atoms with E-state index < -0.39 is 28.6 Å². The summed E-state index contributed by atoms with van der Waals surface area (Å²) in [7, 11) is 0. The van der Waals surface area contributed by atoms with Gasteiger partial charge in [0.05, 0.1) is 11.3 Å². The first-order valence-corrected chi connectivity index (χ1v) is 12.0. The molecule has 0 aliphatic heterocycles. The average molecular weight is 515 g/mol. The van der Waals surface area contributed by atoms with E-state index in [-0.39, 0.29) is 23.6 Å². The number of nitrogens with one attached hydrogen (secondary N) is 1. The summed E-state index contributed by atoms with van der Waals surface area (Å²) in [4.78, 5) is 4.41. The minimum absolute atomic E-state index is 0.0360. The molecule has 36 heavy (non-hydrogen) atoms. The SMILES string of the molecule is CC(C)(O)c1cn(-c2cccc(-c3ccccc3CNS(=O)[O-])c2)c(-c2ccccc2C(F)(F)F)n1. The Labute approximate surface area is 208 Å². The molecule has 0 radical (unpaired) electrons. The van der Waals surface area contributed by atoms with Crippen LogP contribution in [0.2, 0.25) is 0 Å². The van der Waals surface area contributed by atoms with Crippen molar-refractivity contribution in [2.75, 3.05) is 0 Å². The molecular weight excluding hydrogens is 491 g/mol. The van der Waals surface area contributed by atoms with Crippen LogP contribution in [0.5, 0.6) is 0 Å². The van der Waals surface area contributed by atoms with Gasteiger partial charge in [-0.15, -0.1) is 0 Å². The van der Waals surface area contributed by atoms with Crippen LogP contribution in [-0.4, -0.2) is 23.4 Å². The van der Waals surface area contributed by atoms with Crippen LogP contribution in [0.15, 0.2) is 79.0 Å². The molecule has 0 saturated carbocycles. The zero-order valence-electron chi connectivity index (χ0n) is 19.4. The summed E-state index contributed by atoms with van der Waals surface area (Å²) in [6.07, 6.45) is -3.08. The Kier molecular flexibility index (Phi) is 7.14. The highest BCUT2D eigenvalue weighted by molar-refractivity contribution is 7.77. The topological polar surface area (TPSA) is 90.2 Å². The van der Waals surface area contributed by atoms with Gasteiger partial charge in [-0.25, -0.2) is 9.71 Å². The molecule has 1 heterocycles. The fourth-order valence-electron chi connectivity index (χ4n) is 3.90. The number of halogens is 3. The van der Waals surface area contributed by atoms with Crippen molar-refractivity contribution in [2.24, 2.45) is 0 Å². The second-order valence-corrected chi connectivity index (χ2v) is 9.44. The summed E-state index contributed by atoms with van der Waals surface area (Å²) in [6.45, 7) is 3.10. The van der Waals surface area contributed by atoms with E-state index in [2.05, 4.69) is 9.71 Å². The lowest BCUT2D eigenvalue weighted by molar-refractivity contribution is -0.137. The molecule has 10 heteroatoms. The Hall–Kier alpha value is -3.31. The fraction of sp³-hybridized carbons (Fsp3) is 0.192. The van der Waals surface area contributed by atoms with E-state index in [1.807, 2.05) is 18.2 Å². The van der Waals surface area contributed by atoms with Gasteiger partial charge in [0.25, 0.3) is 0 Å². The van der Waals surface area contributed by atoms with Gasteiger partial charge in [-0.3, -0.25) is 8.78 Å². The molecule has 0 spiro atoms. The molecule has 4 rings (SSSR count). The zero-order chi connectivity index (χ0) is 26.1. The summed E-state index contributed by atoms with van der Waals surface area (Å²) in [5, 5.41) is 10.6. The lowest BCUT2D eigenvalue weighted by Gasteiger charge is -2.16. The quantitative estimate of drug-likeness (QED) is 0.326. The van der Waals surface area contributed by atoms with Crippen LogP contribution in [-0.2, 0) is 29.6 Å². The van der Waals surface area contributed by atoms with Crippen molar-refractivity contribution in [1.82, 2.24) is 14.3 Å². The van der Waals surface area contributed by atoms with Crippen LogP contribution in [0.4, 0.5) is 13.2 Å². The number of hydrogen-bond acceptors (Lipinski definition) is 4. The predicted octanol–water partition coefficient (Wildman–Crippen LogP) is 5.34. The van der Waals surface area contributed by atoms with Crippen LogP contribution >= 0.6 is 0 Å². The van der Waals surface area contributed by atoms with Crippen LogP contribution in [0, 0.1) is 0 Å². The number of aliphatic hydroxyl groups is 1. The van der Waals surface area contributed by atoms with Gasteiger partial charge in [-0.05, 0) is 48.7 Å². The molecule has 1 aromatic heterocycles. The molecule has 4 aromatic rings. The van der Waals surface area contributed by atoms with E-state index in [0.29, 0.717) is 5.69 Å². The fourth-order valence-corrected chi connectivity index (χ4v) is 4.18. The lowest BCUT2D eigenvalue weighted by atomic mass is 9.99. The number of hydrogen-bond donors (Lipinski definition) is 2. The van der Waals surface area contributed by atoms with E-state index in [0.717, 1.165) is 22.8 Å². The third kappa shape index (κ3) is 5.57. The third-order valence-electron chi connectivity index (χ3n) is 5.64. The van der Waals surface area contributed by atoms with Gasteiger partial charge in [0, 0.05) is 35.3 Å². The molecule has 0 amide bonds. The maximum Gasteiger partial charge on any atom is 0.417 e. The average Bonchev–Trinajstić information content (AvgIpc) is 3.29. The minimum Gasteiger partial charge on any atom is -0.760 e. The van der Waals surface area contributed by atoms with E-state index >= 15 is 0 Å². The Bertz CT molecular complexity index is 1410. The first kappa shape index (κ1) is 25.8. The number of alkyl halides is 3. The molecule has 0 saturated heterocycles. The summed E-state index contributed by atoms with van der Waals surface area (Å²) < 4.78 is 67.4. The smallest absolute Gasteiger partial charge is 0.417 e. The largest absolute Gasteiger partial charge is 0.760 e. The number of benzene rings is 3. The molecule has 1 atom stereocenters. The standard InChI is InChI=1S/C26H24F3N3O3S/c1-25(2,33)23-16-32(24(31-23)21-12-5-6-13-22(21)26(27,28)29)19-10-7-9-17(14-19)20-11-4-3-8-18(20)15-30-36(34)35/h3-14,16,30,33H,15H2,1-2H3,(H,34,35)/p-1. The van der Waals surface area contributed by atoms with Crippen molar-refractivity contribution >= 4 is 11.3 Å². The molecule has 6 nitrogen and oxygen atoms in total. The van der Waals surface area contributed by atoms with Crippen LogP contribution in [0.1, 0.15) is 30.7 Å². The molecular formula is C26H23F3N3O3S-. The maximum atomic E-state index is 13.8. The lowest BCUT2D eigenvalue weighted by Crippen LogP contribution is -2.16. The van der Waals surface area contributed by atoms with Gasteiger partial charge >= 0.3 is 6.18 Å². The minimum atomic E-state index is -4.60. The molecule has 0 aliphatic rings. The molecule has 0 aliphatic carbocycles. The molecule has 188 valence electrons. The third-order valence-corrected chi connectivity index (χ3v) is 6.02. The van der Waals surface area contributed by atoms with Crippen LogP contribution in [0.25, 0.3) is 28.2 Å². The highest BCUT2D eigenvalue weighted by Crippen LogP contribution is 2.38. The van der Waals surface area contributed by atoms with E-state index in [4.69, 9.17) is 0 Å². The van der Waals surface area contributed by atoms with Crippen LogP contribution in [0.3, 0.4) is 0 Å². The van der Waals surface area contributed by atoms with Gasteiger partial charge in [0.2, 0.25) is 0 Å². The van der Waals surface area contributed by atoms with Gasteiger partial charge in [-0.1, -0.05) is 54.6 Å². The zero-order valence-corrected chi connectivity index (χ0v) is 20.2. The highest BCUT2D eigenvalue weighted by Gasteiger charge is 2.35. The van der Waals surface area contributed by atoms with E-state index in [9.17, 15) is 27.0 Å².